The van der Waals surface area contributed by atoms with Gasteiger partial charge in [0.05, 0.1) is 11.4 Å². The van der Waals surface area contributed by atoms with E-state index >= 15 is 0 Å². The molecule has 2 atom stereocenters. The zero-order chi connectivity index (χ0) is 22.2. The topological polar surface area (TPSA) is 82.6 Å². The van der Waals surface area contributed by atoms with Crippen LogP contribution in [-0.4, -0.2) is 10.0 Å². The SMILES string of the molecule is NN1C(Br)=C(c2ccccc2)NC1c1cccc(C2NC(c3ccccc3)=C(Br)N2N)c1. The maximum atomic E-state index is 6.43. The second-order valence-corrected chi connectivity index (χ2v) is 9.14. The van der Waals surface area contributed by atoms with Crippen LogP contribution in [0.5, 0.6) is 0 Å². The molecule has 162 valence electrons. The first kappa shape index (κ1) is 21.1. The molecule has 0 aromatic heterocycles. The number of hydrogen-bond donors (Lipinski definition) is 4. The summed E-state index contributed by atoms with van der Waals surface area (Å²) >= 11 is 7.29. The van der Waals surface area contributed by atoms with Gasteiger partial charge in [-0.05, 0) is 49.1 Å². The Labute approximate surface area is 203 Å². The van der Waals surface area contributed by atoms with Crippen LogP contribution in [0.3, 0.4) is 0 Å². The Bertz CT molecular complexity index is 1100. The normalized spacial score (nSPS) is 20.6. The highest BCUT2D eigenvalue weighted by Gasteiger charge is 2.33. The molecule has 0 aliphatic carbocycles. The maximum Gasteiger partial charge on any atom is 0.141 e. The number of nitrogens with two attached hydrogens (primary N) is 2. The molecule has 2 unspecified atom stereocenters. The van der Waals surface area contributed by atoms with Gasteiger partial charge < -0.3 is 10.6 Å². The van der Waals surface area contributed by atoms with E-state index < -0.39 is 0 Å². The van der Waals surface area contributed by atoms with E-state index in [9.17, 15) is 0 Å². The van der Waals surface area contributed by atoms with Crippen LogP contribution in [0.2, 0.25) is 0 Å². The van der Waals surface area contributed by atoms with Crippen LogP contribution in [0.1, 0.15) is 34.6 Å². The summed E-state index contributed by atoms with van der Waals surface area (Å²) < 4.78 is 1.63. The first-order chi connectivity index (χ1) is 15.5. The van der Waals surface area contributed by atoms with E-state index in [2.05, 4.69) is 85.0 Å². The lowest BCUT2D eigenvalue weighted by molar-refractivity contribution is 0.281. The summed E-state index contributed by atoms with van der Waals surface area (Å²) in [6, 6.07) is 28.5. The fourth-order valence-electron chi connectivity index (χ4n) is 4.02. The summed E-state index contributed by atoms with van der Waals surface area (Å²) in [4.78, 5) is 0. The highest BCUT2D eigenvalue weighted by atomic mass is 79.9. The molecule has 0 amide bonds. The van der Waals surface area contributed by atoms with Gasteiger partial charge in [-0.15, -0.1) is 0 Å². The fraction of sp³-hybridized carbons (Fsp3) is 0.0833. The zero-order valence-corrected chi connectivity index (χ0v) is 20.2. The molecule has 0 bridgehead atoms. The van der Waals surface area contributed by atoms with Gasteiger partial charge in [0.25, 0.3) is 0 Å². The first-order valence-corrected chi connectivity index (χ1v) is 11.7. The lowest BCUT2D eigenvalue weighted by Crippen LogP contribution is -2.35. The third kappa shape index (κ3) is 3.69. The summed E-state index contributed by atoms with van der Waals surface area (Å²) in [5, 5.41) is 10.5. The first-order valence-electron chi connectivity index (χ1n) is 10.2. The highest BCUT2D eigenvalue weighted by molar-refractivity contribution is 9.12. The van der Waals surface area contributed by atoms with Gasteiger partial charge in [0.1, 0.15) is 21.5 Å². The highest BCUT2D eigenvalue weighted by Crippen LogP contribution is 2.39. The van der Waals surface area contributed by atoms with Gasteiger partial charge in [-0.25, -0.2) is 11.7 Å². The minimum absolute atomic E-state index is 0.211. The molecule has 32 heavy (non-hydrogen) atoms. The molecule has 2 aliphatic heterocycles. The van der Waals surface area contributed by atoms with E-state index in [1.165, 1.54) is 0 Å². The van der Waals surface area contributed by atoms with Gasteiger partial charge >= 0.3 is 0 Å². The van der Waals surface area contributed by atoms with Crippen LogP contribution >= 0.6 is 31.9 Å². The molecule has 6 nitrogen and oxygen atoms in total. The van der Waals surface area contributed by atoms with Crippen LogP contribution in [-0.2, 0) is 0 Å². The molecule has 0 radical (unpaired) electrons. The smallest absolute Gasteiger partial charge is 0.141 e. The second-order valence-electron chi connectivity index (χ2n) is 7.64. The van der Waals surface area contributed by atoms with Crippen molar-refractivity contribution >= 4 is 43.3 Å². The Hall–Kier alpha value is -2.78. The number of nitrogens with zero attached hydrogens (tertiary/aromatic N) is 2. The summed E-state index contributed by atoms with van der Waals surface area (Å²) in [7, 11) is 0. The van der Waals surface area contributed by atoms with E-state index in [1.54, 1.807) is 10.0 Å². The largest absolute Gasteiger partial charge is 0.358 e. The van der Waals surface area contributed by atoms with Crippen molar-refractivity contribution < 1.29 is 0 Å². The van der Waals surface area contributed by atoms with Gasteiger partial charge in [0.15, 0.2) is 0 Å². The number of hydrazine groups is 2. The summed E-state index contributed by atoms with van der Waals surface area (Å²) in [6.45, 7) is 0. The number of halogens is 2. The summed E-state index contributed by atoms with van der Waals surface area (Å²) in [5.41, 5.74) is 6.12. The van der Waals surface area contributed by atoms with Crippen molar-refractivity contribution in [2.75, 3.05) is 0 Å². The van der Waals surface area contributed by atoms with Gasteiger partial charge in [0, 0.05) is 11.1 Å². The molecular weight excluding hydrogens is 532 g/mol. The quantitative estimate of drug-likeness (QED) is 0.277. The van der Waals surface area contributed by atoms with E-state index in [0.717, 1.165) is 42.9 Å². The molecule has 0 saturated heterocycles. The minimum Gasteiger partial charge on any atom is -0.358 e. The van der Waals surface area contributed by atoms with Gasteiger partial charge in [-0.2, -0.15) is 0 Å². The summed E-state index contributed by atoms with van der Waals surface area (Å²) in [6.07, 6.45) is -0.422. The summed E-state index contributed by atoms with van der Waals surface area (Å²) in [5.74, 6) is 12.9. The molecule has 0 spiro atoms. The van der Waals surface area contributed by atoms with Crippen molar-refractivity contribution in [2.45, 2.75) is 12.3 Å². The Balaban J connectivity index is 1.41. The third-order valence-electron chi connectivity index (χ3n) is 5.65. The van der Waals surface area contributed by atoms with Crippen molar-refractivity contribution in [3.8, 4) is 0 Å². The average Bonchev–Trinajstić information content (AvgIpc) is 3.31. The van der Waals surface area contributed by atoms with Crippen LogP contribution in [0, 0.1) is 0 Å². The number of benzene rings is 3. The lowest BCUT2D eigenvalue weighted by atomic mass is 10.1. The van der Waals surface area contributed by atoms with Crippen molar-refractivity contribution in [3.63, 3.8) is 0 Å². The Morgan fingerprint density at radius 3 is 1.41 bits per heavy atom. The van der Waals surface area contributed by atoms with Crippen LogP contribution in [0.15, 0.2) is 94.1 Å². The Morgan fingerprint density at radius 1 is 0.594 bits per heavy atom. The van der Waals surface area contributed by atoms with Crippen molar-refractivity contribution in [1.29, 1.82) is 0 Å². The lowest BCUT2D eigenvalue weighted by Gasteiger charge is -2.26. The Kier molecular flexibility index (Phi) is 5.69. The van der Waals surface area contributed by atoms with Crippen molar-refractivity contribution in [2.24, 2.45) is 11.7 Å². The standard InChI is InChI=1S/C24H22Br2N6/c25-21-19(15-8-3-1-4-9-15)29-23(31(21)27)17-12-7-13-18(14-17)24-30-20(22(26)32(24)28)16-10-5-2-6-11-16/h1-14,23-24,29-30H,27-28H2. The van der Waals surface area contributed by atoms with Gasteiger partial charge in [-0.1, -0.05) is 78.9 Å². The van der Waals surface area contributed by atoms with Crippen LogP contribution in [0.25, 0.3) is 11.4 Å². The predicted octanol–water partition coefficient (Wildman–Crippen LogP) is 4.68. The van der Waals surface area contributed by atoms with E-state index in [4.69, 9.17) is 11.7 Å². The number of hydrogen-bond acceptors (Lipinski definition) is 6. The average molecular weight is 554 g/mol. The maximum absolute atomic E-state index is 6.43. The monoisotopic (exact) mass is 552 g/mol. The third-order valence-corrected chi connectivity index (χ3v) is 7.26. The number of nitrogens with one attached hydrogen (secondary N) is 2. The van der Waals surface area contributed by atoms with Crippen LogP contribution < -0.4 is 22.3 Å². The second kappa shape index (κ2) is 8.63. The fourth-order valence-corrected chi connectivity index (χ4v) is 5.11. The van der Waals surface area contributed by atoms with E-state index in [-0.39, 0.29) is 12.3 Å². The molecule has 3 aromatic carbocycles. The van der Waals surface area contributed by atoms with Gasteiger partial charge in [-0.3, -0.25) is 10.0 Å². The zero-order valence-electron chi connectivity index (χ0n) is 17.0. The van der Waals surface area contributed by atoms with E-state index in [1.807, 2.05) is 42.5 Å². The molecule has 5 rings (SSSR count). The van der Waals surface area contributed by atoms with E-state index in [0.29, 0.717) is 0 Å². The molecule has 8 heteroatoms. The van der Waals surface area contributed by atoms with Gasteiger partial charge in [0.2, 0.25) is 0 Å². The molecule has 0 saturated carbocycles. The molecular formula is C24H22Br2N6. The molecule has 2 aliphatic rings. The molecule has 6 N–H and O–H groups in total. The molecule has 3 aromatic rings. The van der Waals surface area contributed by atoms with Crippen molar-refractivity contribution in [3.05, 3.63) is 116 Å². The minimum atomic E-state index is -0.211. The number of rotatable bonds is 4. The Morgan fingerprint density at radius 2 is 1.00 bits per heavy atom. The molecule has 0 fully saturated rings. The molecule has 2 heterocycles. The van der Waals surface area contributed by atoms with Crippen LogP contribution in [0.4, 0.5) is 0 Å². The van der Waals surface area contributed by atoms with Crippen molar-refractivity contribution in [1.82, 2.24) is 20.7 Å². The predicted molar refractivity (Wildman–Crippen MR) is 135 cm³/mol.